The Balaban J connectivity index is 1.99. The minimum absolute atomic E-state index is 0.177. The van der Waals surface area contributed by atoms with Crippen LogP contribution in [0.1, 0.15) is 23.7 Å². The number of ether oxygens (including phenoxy) is 1. The smallest absolute Gasteiger partial charge is 0.184 e. The number of aliphatic hydroxyl groups is 1. The third-order valence-electron chi connectivity index (χ3n) is 4.25. The van der Waals surface area contributed by atoms with Crippen LogP contribution < -0.4 is 0 Å². The first-order valence-electron chi connectivity index (χ1n) is 7.64. The van der Waals surface area contributed by atoms with Crippen molar-refractivity contribution in [2.24, 2.45) is 0 Å². The Kier molecular flexibility index (Phi) is 4.53. The Morgan fingerprint density at radius 3 is 2.35 bits per heavy atom. The average molecular weight is 332 g/mol. The van der Waals surface area contributed by atoms with Crippen LogP contribution in [0.25, 0.3) is 0 Å². The van der Waals surface area contributed by atoms with Gasteiger partial charge in [0.15, 0.2) is 9.84 Å². The summed E-state index contributed by atoms with van der Waals surface area (Å²) < 4.78 is 31.8. The monoisotopic (exact) mass is 332 g/mol. The lowest BCUT2D eigenvalue weighted by molar-refractivity contribution is 0.0114. The molecule has 3 atom stereocenters. The summed E-state index contributed by atoms with van der Waals surface area (Å²) in [6.07, 6.45) is -0.713. The van der Waals surface area contributed by atoms with Gasteiger partial charge in [-0.25, -0.2) is 8.42 Å². The quantitative estimate of drug-likeness (QED) is 0.935. The van der Waals surface area contributed by atoms with Gasteiger partial charge in [0.25, 0.3) is 0 Å². The third kappa shape index (κ3) is 3.17. The molecule has 1 aliphatic heterocycles. The number of hydrogen-bond donors (Lipinski definition) is 1. The molecule has 4 nitrogen and oxygen atoms in total. The van der Waals surface area contributed by atoms with Gasteiger partial charge in [-0.1, -0.05) is 48.0 Å². The van der Waals surface area contributed by atoms with Gasteiger partial charge in [0.1, 0.15) is 6.10 Å². The lowest BCUT2D eigenvalue weighted by atomic mass is 10.0. The Bertz CT molecular complexity index is 753. The van der Waals surface area contributed by atoms with Crippen LogP contribution in [0.5, 0.6) is 0 Å². The van der Waals surface area contributed by atoms with Crippen molar-refractivity contribution in [2.45, 2.75) is 35.7 Å². The average Bonchev–Trinajstić information content (AvgIpc) is 3.01. The predicted molar refractivity (Wildman–Crippen MR) is 87.9 cm³/mol. The molecule has 0 saturated carbocycles. The third-order valence-corrected chi connectivity index (χ3v) is 6.42. The van der Waals surface area contributed by atoms with Crippen LogP contribution in [-0.2, 0) is 14.6 Å². The number of aryl methyl sites for hydroxylation is 1. The van der Waals surface area contributed by atoms with Crippen LogP contribution in [0, 0.1) is 6.92 Å². The fourth-order valence-electron chi connectivity index (χ4n) is 2.97. The van der Waals surface area contributed by atoms with Gasteiger partial charge >= 0.3 is 0 Å². The van der Waals surface area contributed by atoms with E-state index in [-0.39, 0.29) is 6.61 Å². The molecule has 2 aromatic carbocycles. The van der Waals surface area contributed by atoms with E-state index in [1.807, 2.05) is 31.2 Å². The Morgan fingerprint density at radius 1 is 1.09 bits per heavy atom. The maximum Gasteiger partial charge on any atom is 0.184 e. The van der Waals surface area contributed by atoms with E-state index < -0.39 is 27.3 Å². The van der Waals surface area contributed by atoms with Crippen LogP contribution in [0.2, 0.25) is 0 Å². The Hall–Kier alpha value is -1.69. The summed E-state index contributed by atoms with van der Waals surface area (Å²) in [4.78, 5) is 0.296. The summed E-state index contributed by atoms with van der Waals surface area (Å²) in [5.74, 6) is 0. The highest BCUT2D eigenvalue weighted by Gasteiger charge is 2.44. The number of benzene rings is 2. The van der Waals surface area contributed by atoms with E-state index in [0.717, 1.165) is 11.1 Å². The van der Waals surface area contributed by atoms with Crippen molar-refractivity contribution < 1.29 is 18.3 Å². The second-order valence-electron chi connectivity index (χ2n) is 5.90. The lowest BCUT2D eigenvalue weighted by Gasteiger charge is -2.19. The van der Waals surface area contributed by atoms with Crippen molar-refractivity contribution in [1.29, 1.82) is 0 Å². The van der Waals surface area contributed by atoms with Gasteiger partial charge in [-0.3, -0.25) is 0 Å². The standard InChI is InChI=1S/C18H20O4S/c1-13-7-9-14(10-8-13)18-17(11-15(12-19)22-18)23(20,21)16-5-3-2-4-6-16/h2-10,15,17-19H,11-12H2,1H3/t15-,17+,18-/m0/s1. The SMILES string of the molecule is Cc1ccc([C@@H]2O[C@H](CO)C[C@H]2S(=O)(=O)c2ccccc2)cc1. The Morgan fingerprint density at radius 2 is 1.74 bits per heavy atom. The van der Waals surface area contributed by atoms with Gasteiger partial charge in [-0.05, 0) is 31.0 Å². The van der Waals surface area contributed by atoms with E-state index in [1.165, 1.54) is 0 Å². The Labute approximate surface area is 136 Å². The minimum Gasteiger partial charge on any atom is -0.394 e. The molecule has 0 spiro atoms. The first-order chi connectivity index (χ1) is 11.0. The molecule has 0 aliphatic carbocycles. The molecule has 0 radical (unpaired) electrons. The molecular weight excluding hydrogens is 312 g/mol. The summed E-state index contributed by atoms with van der Waals surface area (Å²) in [5.41, 5.74) is 1.93. The van der Waals surface area contributed by atoms with Gasteiger partial charge in [-0.2, -0.15) is 0 Å². The molecule has 0 bridgehead atoms. The van der Waals surface area contributed by atoms with Crippen molar-refractivity contribution in [3.63, 3.8) is 0 Å². The zero-order valence-electron chi connectivity index (χ0n) is 12.9. The normalized spacial score (nSPS) is 24.7. The second kappa shape index (κ2) is 6.43. The summed E-state index contributed by atoms with van der Waals surface area (Å²) in [7, 11) is -3.53. The maximum atomic E-state index is 13.0. The number of rotatable bonds is 4. The fourth-order valence-corrected chi connectivity index (χ4v) is 4.88. The molecule has 0 aromatic heterocycles. The first-order valence-corrected chi connectivity index (χ1v) is 9.19. The highest BCUT2D eigenvalue weighted by molar-refractivity contribution is 7.92. The topological polar surface area (TPSA) is 63.6 Å². The van der Waals surface area contributed by atoms with Crippen molar-refractivity contribution in [3.8, 4) is 0 Å². The van der Waals surface area contributed by atoms with E-state index in [2.05, 4.69) is 0 Å². The highest BCUT2D eigenvalue weighted by Crippen LogP contribution is 2.39. The summed E-state index contributed by atoms with van der Waals surface area (Å²) in [6.45, 7) is 1.80. The molecule has 2 aromatic rings. The van der Waals surface area contributed by atoms with Gasteiger partial charge in [0.05, 0.1) is 22.9 Å². The van der Waals surface area contributed by atoms with Gasteiger partial charge < -0.3 is 9.84 Å². The molecule has 1 heterocycles. The van der Waals surface area contributed by atoms with E-state index in [1.54, 1.807) is 30.3 Å². The number of aliphatic hydroxyl groups excluding tert-OH is 1. The largest absolute Gasteiger partial charge is 0.394 e. The van der Waals surface area contributed by atoms with Crippen LogP contribution in [0.4, 0.5) is 0 Å². The van der Waals surface area contributed by atoms with Crippen LogP contribution in [0.15, 0.2) is 59.5 Å². The number of hydrogen-bond acceptors (Lipinski definition) is 4. The van der Waals surface area contributed by atoms with E-state index in [4.69, 9.17) is 4.74 Å². The molecular formula is C18H20O4S. The summed E-state index contributed by atoms with van der Waals surface area (Å²) >= 11 is 0. The van der Waals surface area contributed by atoms with Crippen LogP contribution in [0.3, 0.4) is 0 Å². The zero-order chi connectivity index (χ0) is 16.4. The van der Waals surface area contributed by atoms with Crippen molar-refractivity contribution >= 4 is 9.84 Å². The maximum absolute atomic E-state index is 13.0. The zero-order valence-corrected chi connectivity index (χ0v) is 13.7. The van der Waals surface area contributed by atoms with Gasteiger partial charge in [0, 0.05) is 0 Å². The van der Waals surface area contributed by atoms with E-state index in [9.17, 15) is 13.5 Å². The highest BCUT2D eigenvalue weighted by atomic mass is 32.2. The predicted octanol–water partition coefficient (Wildman–Crippen LogP) is 2.66. The second-order valence-corrected chi connectivity index (χ2v) is 8.07. The molecule has 5 heteroatoms. The molecule has 1 N–H and O–H groups in total. The fraction of sp³-hybridized carbons (Fsp3) is 0.333. The molecule has 0 amide bonds. The van der Waals surface area contributed by atoms with E-state index in [0.29, 0.717) is 11.3 Å². The van der Waals surface area contributed by atoms with Crippen molar-refractivity contribution in [1.82, 2.24) is 0 Å². The number of sulfone groups is 1. The van der Waals surface area contributed by atoms with Gasteiger partial charge in [-0.15, -0.1) is 0 Å². The molecule has 1 aliphatic rings. The first kappa shape index (κ1) is 16.2. The molecule has 23 heavy (non-hydrogen) atoms. The van der Waals surface area contributed by atoms with Gasteiger partial charge in [0.2, 0.25) is 0 Å². The van der Waals surface area contributed by atoms with Crippen molar-refractivity contribution in [3.05, 3.63) is 65.7 Å². The van der Waals surface area contributed by atoms with E-state index >= 15 is 0 Å². The molecule has 1 fully saturated rings. The molecule has 122 valence electrons. The summed E-state index contributed by atoms with van der Waals surface area (Å²) in [5, 5.41) is 8.72. The molecule has 3 rings (SSSR count). The molecule has 0 unspecified atom stereocenters. The summed E-state index contributed by atoms with van der Waals surface area (Å²) in [6, 6.07) is 16.1. The minimum atomic E-state index is -3.53. The molecule has 1 saturated heterocycles. The van der Waals surface area contributed by atoms with Crippen LogP contribution in [-0.4, -0.2) is 31.5 Å². The van der Waals surface area contributed by atoms with Crippen molar-refractivity contribution in [2.75, 3.05) is 6.61 Å². The lowest BCUT2D eigenvalue weighted by Crippen LogP contribution is -2.25. The van der Waals surface area contributed by atoms with Crippen LogP contribution >= 0.6 is 0 Å².